The van der Waals surface area contributed by atoms with E-state index < -0.39 is 0 Å². The topological polar surface area (TPSA) is 0 Å². The lowest BCUT2D eigenvalue weighted by molar-refractivity contribution is 0.299. The molecule has 0 N–H and O–H groups in total. The van der Waals surface area contributed by atoms with E-state index in [1.807, 2.05) is 11.3 Å². The van der Waals surface area contributed by atoms with Crippen LogP contribution >= 0.6 is 11.3 Å². The summed E-state index contributed by atoms with van der Waals surface area (Å²) in [5.74, 6) is 5.01. The maximum absolute atomic E-state index is 2.52. The van der Waals surface area contributed by atoms with Crippen LogP contribution in [-0.2, 0) is 10.9 Å². The normalized spacial score (nSPS) is 28.3. The summed E-state index contributed by atoms with van der Waals surface area (Å²) >= 11 is 1.94. The second kappa shape index (κ2) is 5.28. The van der Waals surface area contributed by atoms with Crippen molar-refractivity contribution in [3.05, 3.63) is 42.5 Å². The lowest BCUT2D eigenvalue weighted by Gasteiger charge is -2.20. The van der Waals surface area contributed by atoms with Gasteiger partial charge in [0.1, 0.15) is 11.5 Å². The van der Waals surface area contributed by atoms with E-state index in [4.69, 9.17) is 0 Å². The first-order valence-corrected chi connectivity index (χ1v) is 10.9. The Kier molecular flexibility index (Phi) is 3.23. The highest BCUT2D eigenvalue weighted by atomic mass is 32.2. The molecule has 2 aliphatic rings. The molecule has 5 rings (SSSR count). The predicted molar refractivity (Wildman–Crippen MR) is 100 cm³/mol. The Morgan fingerprint density at radius 3 is 2.36 bits per heavy atom. The van der Waals surface area contributed by atoms with Crippen LogP contribution in [0.2, 0.25) is 0 Å². The zero-order valence-electron chi connectivity index (χ0n) is 12.8. The van der Waals surface area contributed by atoms with Gasteiger partial charge in [0, 0.05) is 49.0 Å². The van der Waals surface area contributed by atoms with Crippen molar-refractivity contribution in [2.24, 2.45) is 11.8 Å². The third-order valence-corrected chi connectivity index (χ3v) is 9.31. The van der Waals surface area contributed by atoms with Gasteiger partial charge >= 0.3 is 0 Å². The van der Waals surface area contributed by atoms with Gasteiger partial charge in [0.05, 0.1) is 0 Å². The Balaban J connectivity index is 1.56. The van der Waals surface area contributed by atoms with Crippen LogP contribution in [-0.4, -0.2) is 11.5 Å². The fourth-order valence-corrected chi connectivity index (χ4v) is 8.45. The van der Waals surface area contributed by atoms with Crippen LogP contribution < -0.4 is 0 Å². The summed E-state index contributed by atoms with van der Waals surface area (Å²) in [7, 11) is 0.511. The van der Waals surface area contributed by atoms with E-state index >= 15 is 0 Å². The molecule has 2 heteroatoms. The molecule has 3 aromatic rings. The van der Waals surface area contributed by atoms with E-state index in [0.29, 0.717) is 10.9 Å². The van der Waals surface area contributed by atoms with E-state index in [-0.39, 0.29) is 0 Å². The first-order valence-electron chi connectivity index (χ1n) is 8.47. The molecule has 0 bridgehead atoms. The smallest absolute Gasteiger partial charge is 0.135 e. The highest BCUT2D eigenvalue weighted by molar-refractivity contribution is 7.97. The van der Waals surface area contributed by atoms with E-state index in [0.717, 1.165) is 11.8 Å². The molecule has 2 aromatic carbocycles. The Morgan fingerprint density at radius 1 is 0.818 bits per heavy atom. The van der Waals surface area contributed by atoms with Crippen molar-refractivity contribution in [3.8, 4) is 0 Å². The zero-order chi connectivity index (χ0) is 14.5. The van der Waals surface area contributed by atoms with Crippen LogP contribution in [0.15, 0.2) is 47.4 Å². The second-order valence-electron chi connectivity index (χ2n) is 6.89. The molecule has 0 nitrogen and oxygen atoms in total. The monoisotopic (exact) mass is 325 g/mol. The van der Waals surface area contributed by atoms with Crippen molar-refractivity contribution < 1.29 is 0 Å². The molecule has 1 aliphatic heterocycles. The maximum atomic E-state index is 2.52. The molecular weight excluding hydrogens is 304 g/mol. The van der Waals surface area contributed by atoms with Crippen molar-refractivity contribution in [1.82, 2.24) is 0 Å². The summed E-state index contributed by atoms with van der Waals surface area (Å²) in [6.45, 7) is 0. The van der Waals surface area contributed by atoms with Gasteiger partial charge in [0.15, 0.2) is 4.90 Å². The fourth-order valence-electron chi connectivity index (χ4n) is 4.39. The predicted octanol–water partition coefficient (Wildman–Crippen LogP) is 5.85. The van der Waals surface area contributed by atoms with Crippen LogP contribution in [0.1, 0.15) is 25.7 Å². The van der Waals surface area contributed by atoms with Crippen molar-refractivity contribution in [2.45, 2.75) is 30.6 Å². The maximum Gasteiger partial charge on any atom is 0.155 e. The van der Waals surface area contributed by atoms with Gasteiger partial charge < -0.3 is 0 Å². The molecular formula is C20H21S2+. The summed E-state index contributed by atoms with van der Waals surface area (Å²) in [5, 5.41) is 2.94. The SMILES string of the molecule is c1ccc2c(c1)sc1ccc([S+]3CC4CCCCC4C3)cc12. The van der Waals surface area contributed by atoms with Gasteiger partial charge in [0.25, 0.3) is 0 Å². The van der Waals surface area contributed by atoms with Crippen LogP contribution in [0.25, 0.3) is 20.2 Å². The van der Waals surface area contributed by atoms with Gasteiger partial charge in [-0.1, -0.05) is 31.0 Å². The Morgan fingerprint density at radius 2 is 1.55 bits per heavy atom. The standard InChI is InChI=1S/C20H21S2/c1-2-6-15-13-22(12-14(15)5-1)16-9-10-20-18(11-16)17-7-3-4-8-19(17)21-20/h3-4,7-11,14-15H,1-2,5-6,12-13H2/q+1. The van der Waals surface area contributed by atoms with E-state index in [9.17, 15) is 0 Å². The van der Waals surface area contributed by atoms with Crippen LogP contribution in [0.3, 0.4) is 0 Å². The quantitative estimate of drug-likeness (QED) is 0.492. The summed E-state index contributed by atoms with van der Waals surface area (Å²) in [6.07, 6.45) is 5.95. The fraction of sp³-hybridized carbons (Fsp3) is 0.400. The van der Waals surface area contributed by atoms with Crippen molar-refractivity contribution in [3.63, 3.8) is 0 Å². The molecule has 2 fully saturated rings. The van der Waals surface area contributed by atoms with Gasteiger partial charge in [0.2, 0.25) is 0 Å². The Labute approximate surface area is 138 Å². The molecule has 2 unspecified atom stereocenters. The molecule has 22 heavy (non-hydrogen) atoms. The van der Waals surface area contributed by atoms with Crippen molar-refractivity contribution in [1.29, 1.82) is 0 Å². The van der Waals surface area contributed by atoms with Gasteiger partial charge in [-0.15, -0.1) is 11.3 Å². The summed E-state index contributed by atoms with van der Waals surface area (Å²) < 4.78 is 2.88. The highest BCUT2D eigenvalue weighted by Crippen LogP contribution is 2.42. The van der Waals surface area contributed by atoms with Crippen molar-refractivity contribution in [2.75, 3.05) is 11.5 Å². The molecule has 0 amide bonds. The third kappa shape index (κ3) is 2.11. The molecule has 1 saturated heterocycles. The number of fused-ring (bicyclic) bond motifs is 4. The van der Waals surface area contributed by atoms with Gasteiger partial charge in [-0.2, -0.15) is 0 Å². The van der Waals surface area contributed by atoms with E-state index in [1.54, 1.807) is 4.90 Å². The molecule has 1 aliphatic carbocycles. The molecule has 112 valence electrons. The molecule has 2 atom stereocenters. The van der Waals surface area contributed by atoms with Crippen LogP contribution in [0.4, 0.5) is 0 Å². The average Bonchev–Trinajstić information content (AvgIpc) is 3.15. The molecule has 0 radical (unpaired) electrons. The molecule has 0 spiro atoms. The third-order valence-electron chi connectivity index (χ3n) is 5.58. The second-order valence-corrected chi connectivity index (χ2v) is 10.1. The highest BCUT2D eigenvalue weighted by Gasteiger charge is 2.43. The Bertz CT molecular complexity index is 818. The number of hydrogen-bond donors (Lipinski definition) is 0. The minimum atomic E-state index is 0.511. The van der Waals surface area contributed by atoms with Crippen LogP contribution in [0.5, 0.6) is 0 Å². The van der Waals surface area contributed by atoms with Gasteiger partial charge in [-0.05, 0) is 31.0 Å². The summed E-state index contributed by atoms with van der Waals surface area (Å²) in [4.78, 5) is 1.63. The van der Waals surface area contributed by atoms with Crippen LogP contribution in [0, 0.1) is 11.8 Å². The minimum absolute atomic E-state index is 0.511. The number of thiophene rings is 1. The van der Waals surface area contributed by atoms with E-state index in [1.165, 1.54) is 57.4 Å². The number of rotatable bonds is 1. The lowest BCUT2D eigenvalue weighted by Crippen LogP contribution is -2.16. The zero-order valence-corrected chi connectivity index (χ0v) is 14.4. The van der Waals surface area contributed by atoms with Gasteiger partial charge in [-0.25, -0.2) is 0 Å². The lowest BCUT2D eigenvalue weighted by atomic mass is 9.82. The summed E-state index contributed by atoms with van der Waals surface area (Å²) in [5.41, 5.74) is 0. The molecule has 1 saturated carbocycles. The summed E-state index contributed by atoms with van der Waals surface area (Å²) in [6, 6.07) is 16.2. The first-order chi connectivity index (χ1) is 10.9. The largest absolute Gasteiger partial charge is 0.155 e. The average molecular weight is 326 g/mol. The van der Waals surface area contributed by atoms with Gasteiger partial charge in [-0.3, -0.25) is 0 Å². The van der Waals surface area contributed by atoms with Crippen molar-refractivity contribution >= 4 is 42.4 Å². The molecule has 2 heterocycles. The number of benzene rings is 2. The Hall–Kier alpha value is -0.990. The first kappa shape index (κ1) is 13.4. The number of hydrogen-bond acceptors (Lipinski definition) is 1. The van der Waals surface area contributed by atoms with E-state index in [2.05, 4.69) is 42.5 Å². The molecule has 1 aromatic heterocycles. The minimum Gasteiger partial charge on any atom is -0.135 e.